The lowest BCUT2D eigenvalue weighted by Gasteiger charge is -2.48. The first-order valence-electron chi connectivity index (χ1n) is 7.42. The number of nitro benzene ring substituents is 1. The van der Waals surface area contributed by atoms with Gasteiger partial charge < -0.3 is 10.0 Å². The number of hydrogen-bond acceptors (Lipinski definition) is 4. The number of benzene rings is 1. The Hall–Kier alpha value is -2.16. The van der Waals surface area contributed by atoms with Crippen LogP contribution in [0.5, 0.6) is 0 Å². The van der Waals surface area contributed by atoms with Gasteiger partial charge in [-0.2, -0.15) is 13.2 Å². The quantitative estimate of drug-likeness (QED) is 0.660. The van der Waals surface area contributed by atoms with Gasteiger partial charge in [-0.25, -0.2) is 0 Å². The van der Waals surface area contributed by atoms with Crippen molar-refractivity contribution in [3.63, 3.8) is 0 Å². The van der Waals surface area contributed by atoms with E-state index in [4.69, 9.17) is 0 Å². The fraction of sp³-hybridized carbons (Fsp3) is 0.533. The number of halogens is 3. The zero-order valence-electron chi connectivity index (χ0n) is 12.8. The topological polar surface area (TPSA) is 83.7 Å². The van der Waals surface area contributed by atoms with Gasteiger partial charge in [-0.15, -0.1) is 0 Å². The number of non-ortho nitro benzene ring substituents is 1. The van der Waals surface area contributed by atoms with E-state index in [0.717, 1.165) is 11.0 Å². The highest BCUT2D eigenvalue weighted by atomic mass is 19.4. The van der Waals surface area contributed by atoms with Gasteiger partial charge in [-0.1, -0.05) is 0 Å². The van der Waals surface area contributed by atoms with Gasteiger partial charge in [0.2, 0.25) is 5.91 Å². The highest BCUT2D eigenvalue weighted by molar-refractivity contribution is 5.98. The van der Waals surface area contributed by atoms with Gasteiger partial charge in [0, 0.05) is 24.6 Å². The lowest BCUT2D eigenvalue weighted by Crippen LogP contribution is -2.57. The molecule has 1 aromatic rings. The molecule has 1 N–H and O–H groups in total. The molecule has 9 heteroatoms. The summed E-state index contributed by atoms with van der Waals surface area (Å²) in [5.74, 6) is -0.456. The number of carbonyl (C=O) groups excluding carboxylic acids is 1. The van der Waals surface area contributed by atoms with Gasteiger partial charge in [-0.3, -0.25) is 14.9 Å². The summed E-state index contributed by atoms with van der Waals surface area (Å²) in [6.07, 6.45) is -4.46. The fourth-order valence-electron chi connectivity index (χ4n) is 3.49. The second kappa shape index (κ2) is 5.17. The molecular formula is C15H15F3N2O4. The first-order valence-corrected chi connectivity index (χ1v) is 7.42. The third-order valence-electron chi connectivity index (χ3n) is 4.52. The highest BCUT2D eigenvalue weighted by Gasteiger charge is 2.48. The minimum Gasteiger partial charge on any atom is -0.390 e. The number of anilines is 1. The number of rotatable bonds is 2. The summed E-state index contributed by atoms with van der Waals surface area (Å²) in [6.45, 7) is 1.55. The van der Waals surface area contributed by atoms with Crippen LogP contribution in [0.25, 0.3) is 0 Å². The van der Waals surface area contributed by atoms with E-state index in [-0.39, 0.29) is 36.9 Å². The van der Waals surface area contributed by atoms with Crippen LogP contribution in [0.4, 0.5) is 24.5 Å². The molecule has 1 amide bonds. The summed E-state index contributed by atoms with van der Waals surface area (Å²) < 4.78 is 40.3. The van der Waals surface area contributed by atoms with Gasteiger partial charge in [0.15, 0.2) is 0 Å². The van der Waals surface area contributed by atoms with E-state index in [0.29, 0.717) is 6.07 Å². The van der Waals surface area contributed by atoms with E-state index in [9.17, 15) is 33.2 Å². The molecule has 3 rings (SSSR count). The predicted molar refractivity (Wildman–Crippen MR) is 77.6 cm³/mol. The molecule has 1 aliphatic carbocycles. The van der Waals surface area contributed by atoms with Crippen molar-refractivity contribution in [2.45, 2.75) is 50.4 Å². The van der Waals surface area contributed by atoms with Crippen LogP contribution < -0.4 is 4.90 Å². The maximum absolute atomic E-state index is 13.4. The average Bonchev–Trinajstić information content (AvgIpc) is 2.42. The van der Waals surface area contributed by atoms with Crippen molar-refractivity contribution in [1.29, 1.82) is 0 Å². The van der Waals surface area contributed by atoms with Crippen LogP contribution in [0, 0.1) is 10.1 Å². The lowest BCUT2D eigenvalue weighted by molar-refractivity contribution is -0.385. The average molecular weight is 344 g/mol. The molecule has 0 unspecified atom stereocenters. The van der Waals surface area contributed by atoms with Crippen molar-refractivity contribution in [2.75, 3.05) is 4.90 Å². The summed E-state index contributed by atoms with van der Waals surface area (Å²) in [5, 5.41) is 20.8. The van der Waals surface area contributed by atoms with Gasteiger partial charge in [0.05, 0.1) is 21.8 Å². The third-order valence-corrected chi connectivity index (χ3v) is 4.52. The molecule has 0 saturated heterocycles. The summed E-state index contributed by atoms with van der Waals surface area (Å²) in [7, 11) is 0. The Labute approximate surface area is 135 Å². The van der Waals surface area contributed by atoms with Crippen molar-refractivity contribution >= 4 is 17.3 Å². The van der Waals surface area contributed by atoms with E-state index in [1.165, 1.54) is 0 Å². The normalized spacial score (nSPS) is 26.8. The number of amides is 1. The monoisotopic (exact) mass is 344 g/mol. The second-order valence-electron chi connectivity index (χ2n) is 6.58. The molecule has 0 bridgehead atoms. The molecule has 0 atom stereocenters. The number of hydrogen-bond donors (Lipinski definition) is 1. The Morgan fingerprint density at radius 3 is 2.46 bits per heavy atom. The minimum atomic E-state index is -4.82. The molecule has 0 aromatic heterocycles. The molecule has 1 aliphatic heterocycles. The lowest BCUT2D eigenvalue weighted by atomic mass is 9.75. The summed E-state index contributed by atoms with van der Waals surface area (Å²) in [4.78, 5) is 23.4. The van der Waals surface area contributed by atoms with Crippen molar-refractivity contribution in [1.82, 2.24) is 0 Å². The molecule has 0 spiro atoms. The van der Waals surface area contributed by atoms with Crippen molar-refractivity contribution in [3.8, 4) is 0 Å². The molecule has 1 aromatic carbocycles. The largest absolute Gasteiger partial charge is 0.418 e. The van der Waals surface area contributed by atoms with Crippen molar-refractivity contribution in [2.24, 2.45) is 0 Å². The van der Waals surface area contributed by atoms with E-state index in [2.05, 4.69) is 0 Å². The smallest absolute Gasteiger partial charge is 0.390 e. The molecule has 1 saturated carbocycles. The van der Waals surface area contributed by atoms with Crippen molar-refractivity contribution < 1.29 is 28.0 Å². The van der Waals surface area contributed by atoms with Crippen LogP contribution in [0.15, 0.2) is 12.1 Å². The molecule has 2 aliphatic rings. The van der Waals surface area contributed by atoms with Crippen LogP contribution in [-0.2, 0) is 17.4 Å². The molecule has 1 heterocycles. The molecule has 1 fully saturated rings. The van der Waals surface area contributed by atoms with E-state index in [1.807, 2.05) is 0 Å². The second-order valence-corrected chi connectivity index (χ2v) is 6.58. The molecule has 130 valence electrons. The van der Waals surface area contributed by atoms with Crippen LogP contribution in [0.3, 0.4) is 0 Å². The van der Waals surface area contributed by atoms with E-state index >= 15 is 0 Å². The third kappa shape index (κ3) is 2.72. The number of nitrogens with zero attached hydrogens (tertiary/aromatic N) is 2. The first-order chi connectivity index (χ1) is 11.0. The Kier molecular flexibility index (Phi) is 3.59. The van der Waals surface area contributed by atoms with Crippen LogP contribution in [-0.4, -0.2) is 27.6 Å². The standard InChI is InChI=1S/C15H15F3N2O4/c1-14(22)6-10(7-14)19-12(21)3-2-8-4-9(20(23)24)5-11(13(8)19)15(16,17)18/h4-5,10,22H,2-3,6-7H2,1H3/t10-,14+. The van der Waals surface area contributed by atoms with Crippen LogP contribution in [0.2, 0.25) is 0 Å². The SMILES string of the molecule is C[C@]1(O)C[C@@H](N2C(=O)CCc3cc([N+](=O)[O-])cc(C(F)(F)F)c32)C1. The molecule has 6 nitrogen and oxygen atoms in total. The number of alkyl halides is 3. The van der Waals surface area contributed by atoms with Gasteiger partial charge in [-0.05, 0) is 31.7 Å². The number of fused-ring (bicyclic) bond motifs is 1. The molecular weight excluding hydrogens is 329 g/mol. The maximum Gasteiger partial charge on any atom is 0.418 e. The summed E-state index contributed by atoms with van der Waals surface area (Å²) >= 11 is 0. The molecule has 24 heavy (non-hydrogen) atoms. The fourth-order valence-corrected chi connectivity index (χ4v) is 3.49. The summed E-state index contributed by atoms with van der Waals surface area (Å²) in [5.41, 5.74) is -2.99. The Morgan fingerprint density at radius 2 is 1.96 bits per heavy atom. The Balaban J connectivity index is 2.15. The molecule has 0 radical (unpaired) electrons. The number of aliphatic hydroxyl groups is 1. The van der Waals surface area contributed by atoms with Crippen LogP contribution in [0.1, 0.15) is 37.3 Å². The highest BCUT2D eigenvalue weighted by Crippen LogP contribution is 2.47. The minimum absolute atomic E-state index is 0.00981. The maximum atomic E-state index is 13.4. The predicted octanol–water partition coefficient (Wildman–Crippen LogP) is 2.81. The Morgan fingerprint density at radius 1 is 1.33 bits per heavy atom. The zero-order valence-corrected chi connectivity index (χ0v) is 12.8. The van der Waals surface area contributed by atoms with Gasteiger partial charge in [0.1, 0.15) is 0 Å². The summed E-state index contributed by atoms with van der Waals surface area (Å²) in [6, 6.07) is 1.04. The van der Waals surface area contributed by atoms with E-state index < -0.39 is 39.9 Å². The van der Waals surface area contributed by atoms with Crippen molar-refractivity contribution in [3.05, 3.63) is 33.4 Å². The van der Waals surface area contributed by atoms with Gasteiger partial charge >= 0.3 is 6.18 Å². The number of carbonyl (C=O) groups is 1. The van der Waals surface area contributed by atoms with Crippen LogP contribution >= 0.6 is 0 Å². The van der Waals surface area contributed by atoms with Gasteiger partial charge in [0.25, 0.3) is 5.69 Å². The number of aryl methyl sites for hydroxylation is 1. The number of nitro groups is 1. The zero-order chi connectivity index (χ0) is 17.9. The first kappa shape index (κ1) is 16.7. The van der Waals surface area contributed by atoms with E-state index in [1.54, 1.807) is 6.92 Å². The Bertz CT molecular complexity index is 722.